The Labute approximate surface area is 130 Å². The summed E-state index contributed by atoms with van der Waals surface area (Å²) >= 11 is 0. The first-order valence-electron chi connectivity index (χ1n) is 3.77. The average Bonchev–Trinajstić information content (AvgIpc) is 1.98. The van der Waals surface area contributed by atoms with E-state index >= 15 is 0 Å². The summed E-state index contributed by atoms with van der Waals surface area (Å²) in [6, 6.07) is -1.80. The molecule has 1 saturated heterocycles. The first-order valence-corrected chi connectivity index (χ1v) is 5.17. The summed E-state index contributed by atoms with van der Waals surface area (Å²) in [6.07, 6.45) is 0. The smallest absolute Gasteiger partial charge is 0.862 e. The SMILES string of the molecule is CC([O-])=N[C@@H]1C(=O)N(S(=O)(=O)O)[C@H]1C.[K+]. The summed E-state index contributed by atoms with van der Waals surface area (Å²) in [5.74, 6) is -1.43. The van der Waals surface area contributed by atoms with Crippen molar-refractivity contribution in [1.29, 1.82) is 0 Å². The molecule has 15 heavy (non-hydrogen) atoms. The maximum atomic E-state index is 11.1. The van der Waals surface area contributed by atoms with Gasteiger partial charge in [-0.25, -0.2) is 4.31 Å². The zero-order chi connectivity index (χ0) is 11.1. The summed E-state index contributed by atoms with van der Waals surface area (Å²) in [5, 5.41) is 10.5. The van der Waals surface area contributed by atoms with Gasteiger partial charge in [0.1, 0.15) is 6.04 Å². The molecule has 2 atom stereocenters. The van der Waals surface area contributed by atoms with Crippen molar-refractivity contribution in [3.8, 4) is 0 Å². The fraction of sp³-hybridized carbons (Fsp3) is 0.667. The molecule has 1 heterocycles. The Balaban J connectivity index is 0.00000196. The van der Waals surface area contributed by atoms with Crippen molar-refractivity contribution in [2.24, 2.45) is 4.99 Å². The van der Waals surface area contributed by atoms with Gasteiger partial charge in [-0.3, -0.25) is 14.3 Å². The van der Waals surface area contributed by atoms with Crippen LogP contribution in [0.25, 0.3) is 0 Å². The van der Waals surface area contributed by atoms with Crippen LogP contribution in [0.3, 0.4) is 0 Å². The number of aliphatic imine (C=N–C) groups is 1. The summed E-state index contributed by atoms with van der Waals surface area (Å²) in [5.41, 5.74) is 0. The minimum absolute atomic E-state index is 0. The molecule has 0 aliphatic carbocycles. The molecule has 0 aromatic rings. The van der Waals surface area contributed by atoms with Crippen LogP contribution in [0.15, 0.2) is 4.99 Å². The second kappa shape index (κ2) is 5.21. The van der Waals surface area contributed by atoms with Crippen molar-refractivity contribution in [2.75, 3.05) is 0 Å². The number of amides is 1. The number of hydrogen-bond acceptors (Lipinski definition) is 5. The van der Waals surface area contributed by atoms with E-state index in [-0.39, 0.29) is 51.4 Å². The van der Waals surface area contributed by atoms with E-state index < -0.39 is 34.2 Å². The molecule has 0 unspecified atom stereocenters. The number of β-lactam (4-membered cyclic amide) rings is 1. The molecule has 80 valence electrons. The third-order valence-corrected chi connectivity index (χ3v) is 2.88. The summed E-state index contributed by atoms with van der Waals surface area (Å²) in [7, 11) is -4.52. The quantitative estimate of drug-likeness (QED) is 0.176. The standard InChI is InChI=1S/C6H10N2O5S.K/c1-3-5(7-4(2)9)6(10)8(3)14(11,12)13;/h3,5H,1-2H3,(H,7,9)(H,11,12,13);/q;+1/p-1/t3-,5-;/m0./s1. The maximum absolute atomic E-state index is 11.1. The molecule has 0 aromatic heterocycles. The third-order valence-electron chi connectivity index (χ3n) is 1.87. The Kier molecular flexibility index (Phi) is 5.38. The molecular formula is C6H9KN2O5S. The van der Waals surface area contributed by atoms with Crippen LogP contribution in [0.1, 0.15) is 13.8 Å². The minimum atomic E-state index is -4.52. The average molecular weight is 260 g/mol. The zero-order valence-electron chi connectivity index (χ0n) is 8.54. The van der Waals surface area contributed by atoms with E-state index in [2.05, 4.69) is 4.99 Å². The Bertz CT molecular complexity index is 388. The van der Waals surface area contributed by atoms with Crippen LogP contribution in [-0.4, -0.2) is 41.2 Å². The minimum Gasteiger partial charge on any atom is -0.862 e. The van der Waals surface area contributed by atoms with E-state index in [1.165, 1.54) is 6.92 Å². The molecule has 1 aliphatic heterocycles. The van der Waals surface area contributed by atoms with Crippen molar-refractivity contribution in [1.82, 2.24) is 4.31 Å². The number of nitrogens with zero attached hydrogens (tertiary/aromatic N) is 2. The van der Waals surface area contributed by atoms with Crippen molar-refractivity contribution >= 4 is 22.1 Å². The first-order chi connectivity index (χ1) is 6.25. The number of carbonyl (C=O) groups is 1. The van der Waals surface area contributed by atoms with Gasteiger partial charge < -0.3 is 5.11 Å². The van der Waals surface area contributed by atoms with Gasteiger partial charge in [0.15, 0.2) is 0 Å². The van der Waals surface area contributed by atoms with Gasteiger partial charge in [-0.2, -0.15) is 8.42 Å². The molecule has 0 bridgehead atoms. The monoisotopic (exact) mass is 260 g/mol. The van der Waals surface area contributed by atoms with E-state index in [0.29, 0.717) is 4.31 Å². The van der Waals surface area contributed by atoms with Gasteiger partial charge in [0, 0.05) is 0 Å². The van der Waals surface area contributed by atoms with Gasteiger partial charge >= 0.3 is 61.7 Å². The molecule has 1 rings (SSSR count). The van der Waals surface area contributed by atoms with Crippen LogP contribution in [0.4, 0.5) is 0 Å². The number of hydrogen-bond donors (Lipinski definition) is 1. The van der Waals surface area contributed by atoms with Gasteiger partial charge in [0.25, 0.3) is 5.91 Å². The Morgan fingerprint density at radius 1 is 1.60 bits per heavy atom. The van der Waals surface area contributed by atoms with Crippen LogP contribution in [0.2, 0.25) is 0 Å². The van der Waals surface area contributed by atoms with Gasteiger partial charge in [-0.15, -0.1) is 0 Å². The summed E-state index contributed by atoms with van der Waals surface area (Å²) in [4.78, 5) is 14.5. The molecule has 1 aliphatic rings. The van der Waals surface area contributed by atoms with Gasteiger partial charge in [-0.05, 0) is 19.7 Å². The Morgan fingerprint density at radius 2 is 2.07 bits per heavy atom. The van der Waals surface area contributed by atoms with E-state index in [9.17, 15) is 18.3 Å². The van der Waals surface area contributed by atoms with Crippen molar-refractivity contribution < 1.29 is 74.3 Å². The van der Waals surface area contributed by atoms with Gasteiger partial charge in [0.2, 0.25) is 0 Å². The molecule has 0 radical (unpaired) electrons. The molecule has 1 fully saturated rings. The molecular weight excluding hydrogens is 251 g/mol. The largest absolute Gasteiger partial charge is 1.00 e. The third kappa shape index (κ3) is 3.22. The second-order valence-corrected chi connectivity index (χ2v) is 4.23. The first kappa shape index (κ1) is 15.5. The molecule has 0 saturated carbocycles. The topological polar surface area (TPSA) is 110 Å². The van der Waals surface area contributed by atoms with Crippen LogP contribution in [-0.2, 0) is 15.1 Å². The van der Waals surface area contributed by atoms with Crippen molar-refractivity contribution in [2.45, 2.75) is 25.9 Å². The fourth-order valence-electron chi connectivity index (χ4n) is 1.27. The van der Waals surface area contributed by atoms with Gasteiger partial charge in [0.05, 0.1) is 6.04 Å². The van der Waals surface area contributed by atoms with Crippen LogP contribution >= 0.6 is 0 Å². The summed E-state index contributed by atoms with van der Waals surface area (Å²) < 4.78 is 30.1. The van der Waals surface area contributed by atoms with Crippen LogP contribution < -0.4 is 56.5 Å². The molecule has 7 nitrogen and oxygen atoms in total. The predicted molar refractivity (Wildman–Crippen MR) is 44.8 cm³/mol. The van der Waals surface area contributed by atoms with Crippen molar-refractivity contribution in [3.05, 3.63) is 0 Å². The Morgan fingerprint density at radius 3 is 2.33 bits per heavy atom. The second-order valence-electron chi connectivity index (χ2n) is 2.95. The van der Waals surface area contributed by atoms with E-state index in [4.69, 9.17) is 4.55 Å². The van der Waals surface area contributed by atoms with Gasteiger partial charge in [-0.1, -0.05) is 0 Å². The molecule has 1 N–H and O–H groups in total. The zero-order valence-corrected chi connectivity index (χ0v) is 12.5. The van der Waals surface area contributed by atoms with Crippen molar-refractivity contribution in [3.63, 3.8) is 0 Å². The maximum Gasteiger partial charge on any atom is 1.00 e. The number of carbonyl (C=O) groups excluding carboxylic acids is 1. The number of rotatable bonds is 2. The van der Waals surface area contributed by atoms with Crippen LogP contribution in [0.5, 0.6) is 0 Å². The molecule has 0 spiro atoms. The fourth-order valence-corrected chi connectivity index (χ4v) is 2.14. The van der Waals surface area contributed by atoms with E-state index in [1.807, 2.05) is 0 Å². The van der Waals surface area contributed by atoms with Crippen LogP contribution in [0, 0.1) is 0 Å². The van der Waals surface area contributed by atoms with E-state index in [0.717, 1.165) is 6.92 Å². The molecule has 1 amide bonds. The van der Waals surface area contributed by atoms with E-state index in [1.54, 1.807) is 0 Å². The summed E-state index contributed by atoms with van der Waals surface area (Å²) in [6.45, 7) is 2.54. The Hall–Kier alpha value is 0.486. The normalized spacial score (nSPS) is 27.0. The predicted octanol–water partition coefficient (Wildman–Crippen LogP) is -4.83. The molecule has 9 heteroatoms. The molecule has 0 aromatic carbocycles.